The van der Waals surface area contributed by atoms with Crippen LogP contribution in [0, 0.1) is 0 Å². The van der Waals surface area contributed by atoms with Crippen LogP contribution in [0.3, 0.4) is 0 Å². The third kappa shape index (κ3) is 3.13. The molecule has 1 atom stereocenters. The third-order valence-electron chi connectivity index (χ3n) is 2.08. The molecule has 0 heterocycles. The van der Waals surface area contributed by atoms with E-state index in [4.69, 9.17) is 9.84 Å². The van der Waals surface area contributed by atoms with E-state index < -0.39 is 6.29 Å². The Morgan fingerprint density at radius 2 is 1.87 bits per heavy atom. The predicted molar refractivity (Wildman–Crippen MR) is 59.1 cm³/mol. The van der Waals surface area contributed by atoms with Crippen molar-refractivity contribution >= 4 is 0 Å². The van der Waals surface area contributed by atoms with Crippen LogP contribution in [0.15, 0.2) is 18.2 Å². The number of hydrogen-bond acceptors (Lipinski definition) is 3. The number of phenolic OH excluding ortho intramolecular Hbond substituents is 1. The molecule has 0 saturated carbocycles. The van der Waals surface area contributed by atoms with Crippen LogP contribution in [0.1, 0.15) is 33.3 Å². The summed E-state index contributed by atoms with van der Waals surface area (Å²) < 4.78 is 5.15. The fraction of sp³-hybridized carbons (Fsp3) is 0.500. The zero-order valence-electron chi connectivity index (χ0n) is 9.61. The summed E-state index contributed by atoms with van der Waals surface area (Å²) in [6, 6.07) is 4.97. The summed E-state index contributed by atoms with van der Waals surface area (Å²) in [6.45, 7) is 7.57. The molecule has 3 heteroatoms. The Kier molecular flexibility index (Phi) is 3.25. The van der Waals surface area contributed by atoms with Crippen molar-refractivity contribution in [1.82, 2.24) is 0 Å². The van der Waals surface area contributed by atoms with Gasteiger partial charge in [0.1, 0.15) is 11.5 Å². The predicted octanol–water partition coefficient (Wildman–Crippen LogP) is 2.41. The van der Waals surface area contributed by atoms with E-state index in [2.05, 4.69) is 0 Å². The first-order valence-corrected chi connectivity index (χ1v) is 4.99. The van der Waals surface area contributed by atoms with Gasteiger partial charge in [-0.1, -0.05) is 20.8 Å². The number of aliphatic hydroxyl groups is 1. The molecule has 84 valence electrons. The number of hydrogen-bond donors (Lipinski definition) is 2. The highest BCUT2D eigenvalue weighted by molar-refractivity contribution is 5.43. The molecule has 0 amide bonds. The number of phenols is 1. The number of ether oxygens (including phenoxy) is 1. The van der Waals surface area contributed by atoms with Crippen molar-refractivity contribution in [2.45, 2.75) is 39.4 Å². The van der Waals surface area contributed by atoms with E-state index in [0.717, 1.165) is 5.56 Å². The van der Waals surface area contributed by atoms with Crippen molar-refractivity contribution in [2.24, 2.45) is 0 Å². The quantitative estimate of drug-likeness (QED) is 0.737. The molecule has 1 aromatic carbocycles. The van der Waals surface area contributed by atoms with Gasteiger partial charge in [-0.3, -0.25) is 0 Å². The lowest BCUT2D eigenvalue weighted by Crippen LogP contribution is -2.13. The van der Waals surface area contributed by atoms with Gasteiger partial charge in [-0.05, 0) is 30.5 Å². The van der Waals surface area contributed by atoms with E-state index in [9.17, 15) is 5.11 Å². The minimum absolute atomic E-state index is 0.151. The molecule has 1 aromatic rings. The maximum Gasteiger partial charge on any atom is 0.194 e. The molecule has 1 rings (SSSR count). The molecule has 0 fully saturated rings. The van der Waals surface area contributed by atoms with Crippen LogP contribution in [-0.2, 0) is 5.41 Å². The average molecular weight is 210 g/mol. The Labute approximate surface area is 90.3 Å². The van der Waals surface area contributed by atoms with Gasteiger partial charge in [0.25, 0.3) is 0 Å². The van der Waals surface area contributed by atoms with E-state index in [0.29, 0.717) is 5.75 Å². The van der Waals surface area contributed by atoms with Gasteiger partial charge in [-0.2, -0.15) is 0 Å². The minimum atomic E-state index is -0.845. The Hall–Kier alpha value is -1.22. The van der Waals surface area contributed by atoms with Gasteiger partial charge in [0.15, 0.2) is 6.29 Å². The maximum atomic E-state index is 9.69. The molecule has 15 heavy (non-hydrogen) atoms. The fourth-order valence-corrected chi connectivity index (χ4v) is 1.39. The first kappa shape index (κ1) is 11.9. The SMILES string of the molecule is CC(O)Oc1ccc(O)c(C(C)(C)C)c1. The average Bonchev–Trinajstić information content (AvgIpc) is 2.05. The normalized spacial score (nSPS) is 13.7. The van der Waals surface area contributed by atoms with Crippen molar-refractivity contribution in [3.8, 4) is 11.5 Å². The van der Waals surface area contributed by atoms with Gasteiger partial charge in [0, 0.05) is 5.56 Å². The molecule has 0 aliphatic rings. The lowest BCUT2D eigenvalue weighted by Gasteiger charge is -2.21. The van der Waals surface area contributed by atoms with Gasteiger partial charge in [-0.25, -0.2) is 0 Å². The van der Waals surface area contributed by atoms with E-state index in [1.807, 2.05) is 20.8 Å². The van der Waals surface area contributed by atoms with E-state index in [1.54, 1.807) is 25.1 Å². The molecule has 0 aliphatic carbocycles. The Balaban J connectivity index is 3.06. The summed E-state index contributed by atoms with van der Waals surface area (Å²) in [5, 5.41) is 18.8. The van der Waals surface area contributed by atoms with Crippen LogP contribution < -0.4 is 4.74 Å². The first-order chi connectivity index (χ1) is 6.80. The summed E-state index contributed by atoms with van der Waals surface area (Å²) in [7, 11) is 0. The van der Waals surface area contributed by atoms with Crippen molar-refractivity contribution in [3.63, 3.8) is 0 Å². The number of aliphatic hydroxyl groups excluding tert-OH is 1. The van der Waals surface area contributed by atoms with E-state index >= 15 is 0 Å². The first-order valence-electron chi connectivity index (χ1n) is 4.99. The lowest BCUT2D eigenvalue weighted by atomic mass is 9.86. The highest BCUT2D eigenvalue weighted by atomic mass is 16.6. The summed E-state index contributed by atoms with van der Waals surface area (Å²) in [4.78, 5) is 0. The van der Waals surface area contributed by atoms with Crippen molar-refractivity contribution in [3.05, 3.63) is 23.8 Å². The molecule has 2 N–H and O–H groups in total. The topological polar surface area (TPSA) is 49.7 Å². The number of aromatic hydroxyl groups is 1. The van der Waals surface area contributed by atoms with E-state index in [-0.39, 0.29) is 11.2 Å². The molecule has 0 aromatic heterocycles. The van der Waals surface area contributed by atoms with Crippen LogP contribution in [0.4, 0.5) is 0 Å². The molecule has 0 aliphatic heterocycles. The molecule has 0 bridgehead atoms. The van der Waals surface area contributed by atoms with Gasteiger partial charge < -0.3 is 14.9 Å². The van der Waals surface area contributed by atoms with Gasteiger partial charge in [-0.15, -0.1) is 0 Å². The largest absolute Gasteiger partial charge is 0.508 e. The second kappa shape index (κ2) is 4.11. The third-order valence-corrected chi connectivity index (χ3v) is 2.08. The summed E-state index contributed by atoms with van der Waals surface area (Å²) in [5.74, 6) is 0.813. The number of benzene rings is 1. The summed E-state index contributed by atoms with van der Waals surface area (Å²) in [6.07, 6.45) is -0.845. The van der Waals surface area contributed by atoms with Crippen LogP contribution in [0.25, 0.3) is 0 Å². The Morgan fingerprint density at radius 1 is 1.27 bits per heavy atom. The zero-order chi connectivity index (χ0) is 11.6. The van der Waals surface area contributed by atoms with Crippen LogP contribution in [0.5, 0.6) is 11.5 Å². The van der Waals surface area contributed by atoms with Gasteiger partial charge in [0.05, 0.1) is 0 Å². The van der Waals surface area contributed by atoms with Crippen molar-refractivity contribution in [1.29, 1.82) is 0 Å². The molecule has 1 unspecified atom stereocenters. The van der Waals surface area contributed by atoms with Gasteiger partial charge in [0.2, 0.25) is 0 Å². The molecular formula is C12H18O3. The Bertz CT molecular complexity index is 337. The molecule has 3 nitrogen and oxygen atoms in total. The van der Waals surface area contributed by atoms with Crippen LogP contribution in [-0.4, -0.2) is 16.5 Å². The lowest BCUT2D eigenvalue weighted by molar-refractivity contribution is -0.000444. The minimum Gasteiger partial charge on any atom is -0.508 e. The highest BCUT2D eigenvalue weighted by Gasteiger charge is 2.18. The molecular weight excluding hydrogens is 192 g/mol. The molecule has 0 radical (unpaired) electrons. The van der Waals surface area contributed by atoms with Crippen LogP contribution >= 0.6 is 0 Å². The zero-order valence-corrected chi connectivity index (χ0v) is 9.61. The van der Waals surface area contributed by atoms with Gasteiger partial charge >= 0.3 is 0 Å². The second-order valence-corrected chi connectivity index (χ2v) is 4.65. The van der Waals surface area contributed by atoms with Crippen molar-refractivity contribution < 1.29 is 14.9 Å². The molecule has 0 spiro atoms. The Morgan fingerprint density at radius 3 is 2.33 bits per heavy atom. The monoisotopic (exact) mass is 210 g/mol. The van der Waals surface area contributed by atoms with Crippen LogP contribution in [0.2, 0.25) is 0 Å². The smallest absolute Gasteiger partial charge is 0.194 e. The highest BCUT2D eigenvalue weighted by Crippen LogP contribution is 2.33. The number of rotatable bonds is 2. The standard InChI is InChI=1S/C12H18O3/c1-8(13)15-9-5-6-11(14)10(7-9)12(2,3)4/h5-8,13-14H,1-4H3. The summed E-state index contributed by atoms with van der Waals surface area (Å²) >= 11 is 0. The maximum absolute atomic E-state index is 9.69. The molecule has 0 saturated heterocycles. The second-order valence-electron chi connectivity index (χ2n) is 4.65. The fourth-order valence-electron chi connectivity index (χ4n) is 1.39. The summed E-state index contributed by atoms with van der Waals surface area (Å²) in [5.41, 5.74) is 0.656. The van der Waals surface area contributed by atoms with E-state index in [1.165, 1.54) is 0 Å². The van der Waals surface area contributed by atoms with Crippen molar-refractivity contribution in [2.75, 3.05) is 0 Å².